The van der Waals surface area contributed by atoms with Crippen LogP contribution in [0.2, 0.25) is 0 Å². The second-order valence-corrected chi connectivity index (χ2v) is 9.01. The van der Waals surface area contributed by atoms with Crippen LogP contribution in [0.1, 0.15) is 0 Å². The van der Waals surface area contributed by atoms with Gasteiger partial charge < -0.3 is 0 Å². The van der Waals surface area contributed by atoms with E-state index in [0.29, 0.717) is 6.07 Å². The number of isothiocyanates is 1. The molecular weight excluding hydrogens is 487 g/mol. The summed E-state index contributed by atoms with van der Waals surface area (Å²) in [4.78, 5) is 0.823. The average Bonchev–Trinajstić information content (AvgIpc) is 2.43. The van der Waals surface area contributed by atoms with Crippen molar-refractivity contribution < 1.29 is 38.9 Å². The summed E-state index contributed by atoms with van der Waals surface area (Å²) in [6, 6.07) is 2.67. The van der Waals surface area contributed by atoms with Crippen molar-refractivity contribution in [1.29, 1.82) is 0 Å². The molecule has 0 fully saturated rings. The first kappa shape index (κ1) is 31.4. The van der Waals surface area contributed by atoms with Gasteiger partial charge in [0.2, 0.25) is 0 Å². The summed E-state index contributed by atoms with van der Waals surface area (Å²) in [7, 11) is -14.7. The van der Waals surface area contributed by atoms with Gasteiger partial charge in [0.05, 0.1) is 20.6 Å². The molecule has 0 aliphatic carbocycles. The van der Waals surface area contributed by atoms with Crippen LogP contribution in [0.15, 0.2) is 43.9 Å². The molecule has 0 unspecified atom stereocenters. The molecule has 2 aromatic rings. The minimum absolute atomic E-state index is 0. The molecule has 0 amide bonds. The second-order valence-electron chi connectivity index (χ2n) is 4.59. The molecule has 0 aliphatic rings. The van der Waals surface area contributed by atoms with E-state index in [1.165, 1.54) is 0 Å². The fraction of sp³-hybridized carbons (Fsp3) is 0. The maximum absolute atomic E-state index is 11.6. The number of benzene rings is 2. The molecule has 140 valence electrons. The van der Waals surface area contributed by atoms with Crippen LogP contribution in [0.5, 0.6) is 0 Å². The molecule has 0 aromatic heterocycles. The van der Waals surface area contributed by atoms with E-state index in [-0.39, 0.29) is 99.4 Å². The molecule has 3 N–H and O–H groups in total. The molecule has 2 aromatic carbocycles. The zero-order valence-corrected chi connectivity index (χ0v) is 14.9. The zero-order chi connectivity index (χ0) is 19.2. The third kappa shape index (κ3) is 7.43. The normalized spacial score (nSPS) is 11.4. The van der Waals surface area contributed by atoms with E-state index in [4.69, 9.17) is 9.11 Å². The van der Waals surface area contributed by atoms with Crippen molar-refractivity contribution in [3.05, 3.63) is 24.3 Å². The molecule has 10 nitrogen and oxygen atoms in total. The number of fused-ring (bicyclic) bond motifs is 1. The van der Waals surface area contributed by atoms with Crippen LogP contribution in [0.4, 0.5) is 5.69 Å². The molecule has 0 bridgehead atoms. The average molecular weight is 497 g/mol. The quantitative estimate of drug-likeness (QED) is 0.213. The van der Waals surface area contributed by atoms with Crippen molar-refractivity contribution >= 4 is 153 Å². The van der Waals surface area contributed by atoms with E-state index >= 15 is 0 Å². The first-order valence-electron chi connectivity index (χ1n) is 5.87. The molecular formula is C11H10NNa3O9S4. The number of aliphatic imine (C=N–C) groups is 1. The minimum atomic E-state index is -5.01. The summed E-state index contributed by atoms with van der Waals surface area (Å²) < 4.78 is 96.1. The van der Waals surface area contributed by atoms with E-state index in [1.54, 1.807) is 0 Å². The summed E-state index contributed by atoms with van der Waals surface area (Å²) in [5, 5.41) is 1.10. The molecule has 0 atom stereocenters. The molecule has 0 spiro atoms. The van der Waals surface area contributed by atoms with Gasteiger partial charge in [0.15, 0.2) is 0 Å². The standard InChI is InChI=1S/C11H7NO9S4.3Na.3H/c13-23(14,15)7-1-6-2-8(24(16,17)18)4-10(25(19,20)21)11(6)9(3-7)12-5-22;;;;;;/h1-4H,(H,13,14,15)(H,16,17,18)(H,19,20,21);;;;;;. The van der Waals surface area contributed by atoms with Gasteiger partial charge in [0, 0.05) is 5.39 Å². The van der Waals surface area contributed by atoms with Crippen LogP contribution in [0, 0.1) is 0 Å². The van der Waals surface area contributed by atoms with Gasteiger partial charge in [-0.3, -0.25) is 13.7 Å². The fourth-order valence-electron chi connectivity index (χ4n) is 2.04. The molecule has 17 heteroatoms. The number of thiocarbonyl (C=S) groups is 1. The van der Waals surface area contributed by atoms with Gasteiger partial charge in [-0.1, -0.05) is 0 Å². The van der Waals surface area contributed by atoms with Crippen LogP contribution in [-0.2, 0) is 30.4 Å². The predicted molar refractivity (Wildman–Crippen MR) is 110 cm³/mol. The predicted octanol–water partition coefficient (Wildman–Crippen LogP) is -0.631. The van der Waals surface area contributed by atoms with Crippen LogP contribution >= 0.6 is 12.2 Å². The first-order valence-corrected chi connectivity index (χ1v) is 10.6. The molecule has 0 heterocycles. The van der Waals surface area contributed by atoms with Gasteiger partial charge in [-0.15, -0.1) is 0 Å². The number of rotatable bonds is 4. The second kappa shape index (κ2) is 11.2. The summed E-state index contributed by atoms with van der Waals surface area (Å²) in [6.07, 6.45) is 0. The Labute approximate surface area is 232 Å². The SMILES string of the molecule is O=S(=O)(O)c1cc(N=C=S)c2c(S(=O)(=O)O)cc(S(=O)(=O)O)cc2c1.[NaH].[NaH].[NaH]. The Morgan fingerprint density at radius 1 is 0.750 bits per heavy atom. The van der Waals surface area contributed by atoms with Crippen LogP contribution in [0.25, 0.3) is 10.8 Å². The van der Waals surface area contributed by atoms with Crippen molar-refractivity contribution in [3.8, 4) is 0 Å². The Kier molecular flexibility index (Phi) is 12.6. The van der Waals surface area contributed by atoms with Crippen LogP contribution in [0.3, 0.4) is 0 Å². The topological polar surface area (TPSA) is 175 Å². The molecule has 28 heavy (non-hydrogen) atoms. The van der Waals surface area contributed by atoms with E-state index in [9.17, 15) is 29.8 Å². The van der Waals surface area contributed by atoms with Crippen molar-refractivity contribution in [3.63, 3.8) is 0 Å². The van der Waals surface area contributed by atoms with Crippen LogP contribution in [-0.4, -0.2) is 133 Å². The molecule has 0 aliphatic heterocycles. The Bertz CT molecular complexity index is 1260. The summed E-state index contributed by atoms with van der Waals surface area (Å²) in [6.45, 7) is 0. The van der Waals surface area contributed by atoms with E-state index in [2.05, 4.69) is 17.2 Å². The van der Waals surface area contributed by atoms with E-state index in [0.717, 1.165) is 18.2 Å². The van der Waals surface area contributed by atoms with Gasteiger partial charge in [-0.25, -0.2) is 0 Å². The summed E-state index contributed by atoms with van der Waals surface area (Å²) in [5.74, 6) is 0. The number of nitrogens with zero attached hydrogens (tertiary/aromatic N) is 1. The third-order valence-corrected chi connectivity index (χ3v) is 5.61. The first-order chi connectivity index (χ1) is 11.2. The molecule has 0 saturated heterocycles. The number of hydrogen-bond donors (Lipinski definition) is 3. The van der Waals surface area contributed by atoms with Gasteiger partial charge in [-0.2, -0.15) is 30.2 Å². The Morgan fingerprint density at radius 2 is 1.18 bits per heavy atom. The van der Waals surface area contributed by atoms with Gasteiger partial charge in [0.1, 0.15) is 4.90 Å². The van der Waals surface area contributed by atoms with Gasteiger partial charge >= 0.3 is 88.7 Å². The Balaban J connectivity index is 0. The van der Waals surface area contributed by atoms with Crippen molar-refractivity contribution in [2.24, 2.45) is 4.99 Å². The molecule has 0 radical (unpaired) electrons. The van der Waals surface area contributed by atoms with E-state index < -0.39 is 50.7 Å². The summed E-state index contributed by atoms with van der Waals surface area (Å²) in [5.41, 5.74) is -0.422. The molecule has 2 rings (SSSR count). The molecule has 0 saturated carbocycles. The van der Waals surface area contributed by atoms with Crippen molar-refractivity contribution in [2.45, 2.75) is 14.7 Å². The zero-order valence-electron chi connectivity index (χ0n) is 11.7. The van der Waals surface area contributed by atoms with Crippen LogP contribution < -0.4 is 0 Å². The van der Waals surface area contributed by atoms with Gasteiger partial charge in [-0.05, 0) is 41.9 Å². The Morgan fingerprint density at radius 3 is 1.54 bits per heavy atom. The monoisotopic (exact) mass is 497 g/mol. The van der Waals surface area contributed by atoms with Crippen molar-refractivity contribution in [2.75, 3.05) is 0 Å². The van der Waals surface area contributed by atoms with E-state index in [1.807, 2.05) is 5.16 Å². The van der Waals surface area contributed by atoms with Gasteiger partial charge in [0.25, 0.3) is 30.4 Å². The third-order valence-electron chi connectivity index (χ3n) is 2.98. The Hall–Kier alpha value is 1.23. The van der Waals surface area contributed by atoms with Crippen molar-refractivity contribution in [1.82, 2.24) is 0 Å². The number of hydrogen-bond acceptors (Lipinski definition) is 8. The summed E-state index contributed by atoms with van der Waals surface area (Å²) >= 11 is 4.38. The fourth-order valence-corrected chi connectivity index (χ4v) is 4.05. The maximum atomic E-state index is 11.6.